The number of nitro groups is 1. The zero-order chi connectivity index (χ0) is 16.1. The normalized spacial score (nSPS) is 10.6. The first kappa shape index (κ1) is 15.7. The monoisotopic (exact) mass is 317 g/mol. The van der Waals surface area contributed by atoms with Gasteiger partial charge in [0.2, 0.25) is 0 Å². The van der Waals surface area contributed by atoms with Gasteiger partial charge in [-0.25, -0.2) is 5.43 Å². The van der Waals surface area contributed by atoms with Crippen molar-refractivity contribution in [2.45, 2.75) is 6.92 Å². The number of aryl methyl sites for hydroxylation is 1. The molecule has 2 aromatic carbocycles. The first-order valence-electron chi connectivity index (χ1n) is 6.32. The Hall–Kier alpha value is -2.73. The average molecular weight is 318 g/mol. The molecule has 0 unspecified atom stereocenters. The van der Waals surface area contributed by atoms with Crippen LogP contribution in [0.1, 0.15) is 21.5 Å². The standard InChI is InChI=1S/C15H12ClN3O3/c1-10-6-7-11(8-14(10)19(21)22)15(20)18-17-9-12-4-2-3-5-13(12)16/h2-9H,1H3,(H,18,20)/b17-9-. The van der Waals surface area contributed by atoms with E-state index >= 15 is 0 Å². The van der Waals surface area contributed by atoms with Crippen LogP contribution >= 0.6 is 11.6 Å². The van der Waals surface area contributed by atoms with Crippen LogP contribution in [0, 0.1) is 17.0 Å². The fraction of sp³-hybridized carbons (Fsp3) is 0.0667. The summed E-state index contributed by atoms with van der Waals surface area (Å²) < 4.78 is 0. The van der Waals surface area contributed by atoms with Gasteiger partial charge in [-0.05, 0) is 19.1 Å². The van der Waals surface area contributed by atoms with E-state index in [0.29, 0.717) is 16.1 Å². The van der Waals surface area contributed by atoms with Crippen molar-refractivity contribution in [1.82, 2.24) is 5.43 Å². The molecule has 22 heavy (non-hydrogen) atoms. The minimum absolute atomic E-state index is 0.109. The highest BCUT2D eigenvalue weighted by atomic mass is 35.5. The number of halogens is 1. The molecule has 0 fully saturated rings. The van der Waals surface area contributed by atoms with Gasteiger partial charge in [-0.15, -0.1) is 0 Å². The lowest BCUT2D eigenvalue weighted by molar-refractivity contribution is -0.385. The van der Waals surface area contributed by atoms with Crippen LogP contribution in [0.3, 0.4) is 0 Å². The number of nitrogens with zero attached hydrogens (tertiary/aromatic N) is 2. The van der Waals surface area contributed by atoms with E-state index in [1.807, 2.05) is 0 Å². The summed E-state index contributed by atoms with van der Waals surface area (Å²) in [6.07, 6.45) is 1.41. The Morgan fingerprint density at radius 1 is 1.32 bits per heavy atom. The lowest BCUT2D eigenvalue weighted by atomic mass is 10.1. The lowest BCUT2D eigenvalue weighted by Crippen LogP contribution is -2.17. The molecule has 0 spiro atoms. The van der Waals surface area contributed by atoms with Gasteiger partial charge >= 0.3 is 0 Å². The number of nitrogens with one attached hydrogen (secondary N) is 1. The molecule has 0 saturated carbocycles. The molecule has 0 aromatic heterocycles. The number of carbonyl (C=O) groups is 1. The molecule has 2 rings (SSSR count). The highest BCUT2D eigenvalue weighted by molar-refractivity contribution is 6.33. The molecule has 112 valence electrons. The summed E-state index contributed by atoms with van der Waals surface area (Å²) in [5.74, 6) is -0.536. The van der Waals surface area contributed by atoms with Gasteiger partial charge < -0.3 is 0 Å². The molecule has 6 nitrogen and oxygen atoms in total. The molecule has 1 amide bonds. The summed E-state index contributed by atoms with van der Waals surface area (Å²) in [6.45, 7) is 1.61. The lowest BCUT2D eigenvalue weighted by Gasteiger charge is -2.02. The highest BCUT2D eigenvalue weighted by Gasteiger charge is 2.14. The third-order valence-corrected chi connectivity index (χ3v) is 3.29. The van der Waals surface area contributed by atoms with Gasteiger partial charge in [0.05, 0.1) is 11.1 Å². The third kappa shape index (κ3) is 3.67. The number of hydrogen-bond acceptors (Lipinski definition) is 4. The molecule has 0 bridgehead atoms. The molecule has 0 aliphatic rings. The van der Waals surface area contributed by atoms with Crippen LogP contribution in [-0.2, 0) is 0 Å². The van der Waals surface area contributed by atoms with Gasteiger partial charge in [-0.3, -0.25) is 14.9 Å². The second-order valence-corrected chi connectivity index (χ2v) is 4.89. The Balaban J connectivity index is 2.12. The van der Waals surface area contributed by atoms with Crippen LogP contribution in [0.4, 0.5) is 5.69 Å². The number of rotatable bonds is 4. The van der Waals surface area contributed by atoms with Crippen molar-refractivity contribution in [2.75, 3.05) is 0 Å². The molecule has 7 heteroatoms. The van der Waals surface area contributed by atoms with E-state index in [-0.39, 0.29) is 11.3 Å². The minimum Gasteiger partial charge on any atom is -0.267 e. The maximum atomic E-state index is 11.9. The molecule has 2 aromatic rings. The van der Waals surface area contributed by atoms with E-state index in [1.165, 1.54) is 24.4 Å². The van der Waals surface area contributed by atoms with E-state index in [4.69, 9.17) is 11.6 Å². The molecule has 0 saturated heterocycles. The second kappa shape index (κ2) is 6.82. The summed E-state index contributed by atoms with van der Waals surface area (Å²) in [4.78, 5) is 22.3. The summed E-state index contributed by atoms with van der Waals surface area (Å²) in [6, 6.07) is 11.3. The fourth-order valence-electron chi connectivity index (χ4n) is 1.75. The van der Waals surface area contributed by atoms with Crippen LogP contribution < -0.4 is 5.43 Å². The molecule has 0 heterocycles. The Labute approximate surface area is 131 Å². The van der Waals surface area contributed by atoms with Crippen LogP contribution in [0.25, 0.3) is 0 Å². The Bertz CT molecular complexity index is 759. The van der Waals surface area contributed by atoms with Gasteiger partial charge in [-0.2, -0.15) is 5.10 Å². The molecule has 0 aliphatic heterocycles. The molecule has 0 atom stereocenters. The predicted octanol–water partition coefficient (Wildman–Crippen LogP) is 3.32. The number of carbonyl (C=O) groups excluding carboxylic acids is 1. The highest BCUT2D eigenvalue weighted by Crippen LogP contribution is 2.19. The number of hydrogen-bond donors (Lipinski definition) is 1. The topological polar surface area (TPSA) is 84.6 Å². The molecule has 0 aliphatic carbocycles. The summed E-state index contributed by atoms with van der Waals surface area (Å²) in [7, 11) is 0. The SMILES string of the molecule is Cc1ccc(C(=O)N/N=C\c2ccccc2Cl)cc1[N+](=O)[O-]. The number of benzene rings is 2. The van der Waals surface area contributed by atoms with Crippen LogP contribution in [0.15, 0.2) is 47.6 Å². The Kier molecular flexibility index (Phi) is 4.85. The summed E-state index contributed by atoms with van der Waals surface area (Å²) in [5, 5.41) is 15.2. The van der Waals surface area contributed by atoms with E-state index < -0.39 is 10.8 Å². The van der Waals surface area contributed by atoms with Crippen molar-refractivity contribution < 1.29 is 9.72 Å². The van der Waals surface area contributed by atoms with Crippen molar-refractivity contribution >= 4 is 29.4 Å². The van der Waals surface area contributed by atoms with Crippen LogP contribution in [0.5, 0.6) is 0 Å². The first-order chi connectivity index (χ1) is 10.5. The van der Waals surface area contributed by atoms with Gasteiger partial charge in [0.1, 0.15) is 0 Å². The van der Waals surface area contributed by atoms with Crippen molar-refractivity contribution in [3.63, 3.8) is 0 Å². The van der Waals surface area contributed by atoms with Gasteiger partial charge in [0.15, 0.2) is 0 Å². The first-order valence-corrected chi connectivity index (χ1v) is 6.70. The van der Waals surface area contributed by atoms with E-state index in [9.17, 15) is 14.9 Å². The fourth-order valence-corrected chi connectivity index (χ4v) is 1.94. The third-order valence-electron chi connectivity index (χ3n) is 2.94. The number of nitro benzene ring substituents is 1. The van der Waals surface area contributed by atoms with Crippen LogP contribution in [-0.4, -0.2) is 17.0 Å². The van der Waals surface area contributed by atoms with E-state index in [2.05, 4.69) is 10.5 Å². The molecular formula is C15H12ClN3O3. The van der Waals surface area contributed by atoms with E-state index in [0.717, 1.165) is 0 Å². The van der Waals surface area contributed by atoms with Crippen molar-refractivity contribution in [1.29, 1.82) is 0 Å². The zero-order valence-corrected chi connectivity index (χ0v) is 12.4. The molecule has 0 radical (unpaired) electrons. The Morgan fingerprint density at radius 3 is 2.73 bits per heavy atom. The number of hydrazone groups is 1. The van der Waals surface area contributed by atoms with Crippen molar-refractivity contribution in [2.24, 2.45) is 5.10 Å². The minimum atomic E-state index is -0.536. The average Bonchev–Trinajstić information content (AvgIpc) is 2.49. The van der Waals surface area contributed by atoms with Crippen molar-refractivity contribution in [3.05, 3.63) is 74.3 Å². The maximum absolute atomic E-state index is 11.9. The molecular weight excluding hydrogens is 306 g/mol. The largest absolute Gasteiger partial charge is 0.273 e. The maximum Gasteiger partial charge on any atom is 0.273 e. The van der Waals surface area contributed by atoms with Crippen LogP contribution in [0.2, 0.25) is 5.02 Å². The molecule has 1 N–H and O–H groups in total. The van der Waals surface area contributed by atoms with Gasteiger partial charge in [0, 0.05) is 27.8 Å². The quantitative estimate of drug-likeness (QED) is 0.533. The van der Waals surface area contributed by atoms with Gasteiger partial charge in [-0.1, -0.05) is 35.9 Å². The summed E-state index contributed by atoms with van der Waals surface area (Å²) in [5.41, 5.74) is 3.50. The second-order valence-electron chi connectivity index (χ2n) is 4.48. The zero-order valence-electron chi connectivity index (χ0n) is 11.6. The number of amides is 1. The Morgan fingerprint density at radius 2 is 2.05 bits per heavy atom. The van der Waals surface area contributed by atoms with Crippen molar-refractivity contribution in [3.8, 4) is 0 Å². The van der Waals surface area contributed by atoms with Gasteiger partial charge in [0.25, 0.3) is 11.6 Å². The van der Waals surface area contributed by atoms with E-state index in [1.54, 1.807) is 31.2 Å². The summed E-state index contributed by atoms with van der Waals surface area (Å²) >= 11 is 5.95. The smallest absolute Gasteiger partial charge is 0.267 e. The predicted molar refractivity (Wildman–Crippen MR) is 84.3 cm³/mol.